The summed E-state index contributed by atoms with van der Waals surface area (Å²) < 4.78 is 18.6. The number of morpholine rings is 1. The highest BCUT2D eigenvalue weighted by molar-refractivity contribution is 6.05. The number of nitrogens with one attached hydrogen (secondary N) is 2. The van der Waals surface area contributed by atoms with Crippen LogP contribution in [0.2, 0.25) is 0 Å². The molecule has 2 aliphatic rings. The van der Waals surface area contributed by atoms with Crippen LogP contribution in [0.1, 0.15) is 18.1 Å². The van der Waals surface area contributed by atoms with Crippen LogP contribution in [0.4, 0.5) is 9.18 Å². The molecule has 1 aromatic rings. The molecule has 1 aromatic carbocycles. The number of nitrogens with zero attached hydrogens (tertiary/aromatic N) is 1. The lowest BCUT2D eigenvalue weighted by atomic mass is 10.1. The minimum absolute atomic E-state index is 0.0896. The molecule has 0 saturated carbocycles. The molecule has 8 heteroatoms. The number of urea groups is 1. The van der Waals surface area contributed by atoms with Crippen LogP contribution in [0, 0.1) is 5.82 Å². The Morgan fingerprint density at radius 3 is 2.70 bits per heavy atom. The van der Waals surface area contributed by atoms with Crippen molar-refractivity contribution in [3.05, 3.63) is 35.6 Å². The van der Waals surface area contributed by atoms with Crippen molar-refractivity contribution in [2.45, 2.75) is 18.6 Å². The minimum Gasteiger partial charge on any atom is -0.370 e. The van der Waals surface area contributed by atoms with Gasteiger partial charge in [-0.15, -0.1) is 0 Å². The van der Waals surface area contributed by atoms with Gasteiger partial charge in [-0.1, -0.05) is 12.1 Å². The smallest absolute Gasteiger partial charge is 0.322 e. The molecular formula is C15H16FN3O4. The maximum atomic E-state index is 13.0. The topological polar surface area (TPSA) is 87.7 Å². The second-order valence-corrected chi connectivity index (χ2v) is 5.47. The van der Waals surface area contributed by atoms with Crippen molar-refractivity contribution < 1.29 is 23.5 Å². The first-order valence-electron chi connectivity index (χ1n) is 7.29. The fourth-order valence-electron chi connectivity index (χ4n) is 2.66. The van der Waals surface area contributed by atoms with Gasteiger partial charge in [-0.25, -0.2) is 9.18 Å². The van der Waals surface area contributed by atoms with E-state index in [-0.39, 0.29) is 24.2 Å². The number of carbonyl (C=O) groups is 3. The third kappa shape index (κ3) is 3.48. The van der Waals surface area contributed by atoms with Crippen molar-refractivity contribution in [1.82, 2.24) is 15.5 Å². The standard InChI is InChI=1S/C15H16FN3O4/c16-10-3-1-9(2-4-10)12-8-19(5-6-23-12)13(20)7-11-14(21)18-15(22)17-11/h1-4,11-12H,5-8H2,(H2,17,18,21,22)/t11-,12+/m0/s1. The zero-order valence-electron chi connectivity index (χ0n) is 12.3. The summed E-state index contributed by atoms with van der Waals surface area (Å²) in [6.07, 6.45) is -0.423. The van der Waals surface area contributed by atoms with Crippen LogP contribution < -0.4 is 10.6 Å². The first kappa shape index (κ1) is 15.4. The number of carbonyl (C=O) groups excluding carboxylic acids is 3. The molecule has 0 unspecified atom stereocenters. The quantitative estimate of drug-likeness (QED) is 0.785. The van der Waals surface area contributed by atoms with Gasteiger partial charge < -0.3 is 15.0 Å². The largest absolute Gasteiger partial charge is 0.370 e. The molecule has 0 spiro atoms. The molecule has 23 heavy (non-hydrogen) atoms. The van der Waals surface area contributed by atoms with E-state index in [2.05, 4.69) is 10.6 Å². The second kappa shape index (κ2) is 6.33. The molecule has 2 aliphatic heterocycles. The molecule has 2 fully saturated rings. The number of imide groups is 1. The van der Waals surface area contributed by atoms with E-state index in [1.54, 1.807) is 17.0 Å². The lowest BCUT2D eigenvalue weighted by Crippen LogP contribution is -2.45. The van der Waals surface area contributed by atoms with Gasteiger partial charge in [0.15, 0.2) is 0 Å². The Kier molecular flexibility index (Phi) is 4.24. The molecule has 0 aliphatic carbocycles. The monoisotopic (exact) mass is 321 g/mol. The summed E-state index contributed by atoms with van der Waals surface area (Å²) in [6.45, 7) is 1.10. The number of benzene rings is 1. The number of ether oxygens (including phenoxy) is 1. The minimum atomic E-state index is -0.831. The van der Waals surface area contributed by atoms with E-state index in [0.717, 1.165) is 5.56 Å². The van der Waals surface area contributed by atoms with Crippen molar-refractivity contribution in [3.63, 3.8) is 0 Å². The molecule has 3 rings (SSSR count). The fourth-order valence-corrected chi connectivity index (χ4v) is 2.66. The van der Waals surface area contributed by atoms with Crippen LogP contribution in [0.25, 0.3) is 0 Å². The van der Waals surface area contributed by atoms with Crippen molar-refractivity contribution in [2.24, 2.45) is 0 Å². The molecule has 2 heterocycles. The van der Waals surface area contributed by atoms with E-state index in [9.17, 15) is 18.8 Å². The first-order chi connectivity index (χ1) is 11.0. The van der Waals surface area contributed by atoms with Crippen LogP contribution >= 0.6 is 0 Å². The van der Waals surface area contributed by atoms with Crippen molar-refractivity contribution in [3.8, 4) is 0 Å². The summed E-state index contributed by atoms with van der Waals surface area (Å²) in [7, 11) is 0. The molecular weight excluding hydrogens is 305 g/mol. The Morgan fingerprint density at radius 1 is 1.30 bits per heavy atom. The van der Waals surface area contributed by atoms with Crippen molar-refractivity contribution in [2.75, 3.05) is 19.7 Å². The molecule has 122 valence electrons. The van der Waals surface area contributed by atoms with Crippen molar-refractivity contribution in [1.29, 1.82) is 0 Å². The summed E-state index contributed by atoms with van der Waals surface area (Å²) in [5.41, 5.74) is 0.788. The van der Waals surface area contributed by atoms with Gasteiger partial charge >= 0.3 is 6.03 Å². The van der Waals surface area contributed by atoms with Gasteiger partial charge in [0.05, 0.1) is 19.6 Å². The average molecular weight is 321 g/mol. The molecule has 7 nitrogen and oxygen atoms in total. The molecule has 0 aromatic heterocycles. The Morgan fingerprint density at radius 2 is 2.04 bits per heavy atom. The van der Waals surface area contributed by atoms with Gasteiger partial charge in [0, 0.05) is 6.54 Å². The number of hydrogen-bond donors (Lipinski definition) is 2. The molecule has 2 N–H and O–H groups in total. The number of halogens is 1. The number of hydrogen-bond acceptors (Lipinski definition) is 4. The Labute approximate surface area is 131 Å². The van der Waals surface area contributed by atoms with E-state index in [1.165, 1.54) is 12.1 Å². The maximum absolute atomic E-state index is 13.0. The predicted molar refractivity (Wildman–Crippen MR) is 76.8 cm³/mol. The fraction of sp³-hybridized carbons (Fsp3) is 0.400. The highest BCUT2D eigenvalue weighted by atomic mass is 19.1. The summed E-state index contributed by atoms with van der Waals surface area (Å²) in [4.78, 5) is 36.5. The normalized spacial score (nSPS) is 24.3. The van der Waals surface area contributed by atoms with Crippen molar-refractivity contribution >= 4 is 17.8 Å². The summed E-state index contributed by atoms with van der Waals surface area (Å²) in [6, 6.07) is 4.52. The number of rotatable bonds is 3. The van der Waals surface area contributed by atoms with Gasteiger partial charge in [0.2, 0.25) is 5.91 Å². The van der Waals surface area contributed by atoms with Gasteiger partial charge in [0.1, 0.15) is 18.0 Å². The third-order valence-corrected chi connectivity index (χ3v) is 3.90. The molecule has 2 atom stereocenters. The molecule has 0 bridgehead atoms. The van der Waals surface area contributed by atoms with Gasteiger partial charge in [-0.05, 0) is 17.7 Å². The second-order valence-electron chi connectivity index (χ2n) is 5.47. The predicted octanol–water partition coefficient (Wildman–Crippen LogP) is 0.324. The van der Waals surface area contributed by atoms with E-state index in [0.29, 0.717) is 19.7 Å². The van der Waals surface area contributed by atoms with E-state index >= 15 is 0 Å². The summed E-state index contributed by atoms with van der Waals surface area (Å²) in [5, 5.41) is 4.50. The summed E-state index contributed by atoms with van der Waals surface area (Å²) in [5.74, 6) is -1.06. The summed E-state index contributed by atoms with van der Waals surface area (Å²) >= 11 is 0. The highest BCUT2D eigenvalue weighted by Gasteiger charge is 2.34. The molecule has 0 radical (unpaired) electrons. The lowest BCUT2D eigenvalue weighted by Gasteiger charge is -2.33. The maximum Gasteiger partial charge on any atom is 0.322 e. The highest BCUT2D eigenvalue weighted by Crippen LogP contribution is 2.23. The first-order valence-corrected chi connectivity index (χ1v) is 7.29. The van der Waals surface area contributed by atoms with E-state index in [4.69, 9.17) is 4.74 Å². The number of amides is 4. The Balaban J connectivity index is 1.61. The lowest BCUT2D eigenvalue weighted by molar-refractivity contribution is -0.140. The Hall–Kier alpha value is -2.48. The van der Waals surface area contributed by atoms with E-state index < -0.39 is 18.0 Å². The van der Waals surface area contributed by atoms with Gasteiger partial charge in [-0.3, -0.25) is 14.9 Å². The van der Waals surface area contributed by atoms with Crippen LogP contribution in [0.3, 0.4) is 0 Å². The van der Waals surface area contributed by atoms with E-state index in [1.807, 2.05) is 0 Å². The zero-order chi connectivity index (χ0) is 16.4. The molecule has 2 saturated heterocycles. The molecule has 4 amide bonds. The van der Waals surface area contributed by atoms with Gasteiger partial charge in [-0.2, -0.15) is 0 Å². The SMILES string of the molecule is O=C1NC(=O)[C@H](CC(=O)N2CCO[C@@H](c3ccc(F)cc3)C2)N1. The van der Waals surface area contributed by atoms with Crippen LogP contribution in [-0.4, -0.2) is 48.5 Å². The average Bonchev–Trinajstić information content (AvgIpc) is 2.85. The van der Waals surface area contributed by atoms with Crippen LogP contribution in [0.15, 0.2) is 24.3 Å². The van der Waals surface area contributed by atoms with Gasteiger partial charge in [0.25, 0.3) is 5.91 Å². The van der Waals surface area contributed by atoms with Crippen LogP contribution in [-0.2, 0) is 14.3 Å². The zero-order valence-corrected chi connectivity index (χ0v) is 12.3. The Bertz CT molecular complexity index is 634. The van der Waals surface area contributed by atoms with Crippen LogP contribution in [0.5, 0.6) is 0 Å². The third-order valence-electron chi connectivity index (χ3n) is 3.90.